The van der Waals surface area contributed by atoms with E-state index in [4.69, 9.17) is 0 Å². The predicted molar refractivity (Wildman–Crippen MR) is 64.7 cm³/mol. The van der Waals surface area contributed by atoms with E-state index in [-0.39, 0.29) is 11.3 Å². The molecule has 0 saturated heterocycles. The summed E-state index contributed by atoms with van der Waals surface area (Å²) in [4.78, 5) is 12.1. The maximum Gasteiger partial charge on any atom is 0.137 e. The summed E-state index contributed by atoms with van der Waals surface area (Å²) in [5, 5.41) is 0. The number of hydrogen-bond acceptors (Lipinski definition) is 1. The highest BCUT2D eigenvalue weighted by molar-refractivity contribution is 5.82. The summed E-state index contributed by atoms with van der Waals surface area (Å²) in [6.07, 6.45) is 5.09. The summed E-state index contributed by atoms with van der Waals surface area (Å²) >= 11 is 0. The molecule has 1 heteroatoms. The number of allylic oxidation sites excluding steroid dienone is 2. The fourth-order valence-corrected chi connectivity index (χ4v) is 2.84. The molecule has 0 saturated carbocycles. The molecule has 0 bridgehead atoms. The van der Waals surface area contributed by atoms with Crippen LogP contribution in [0, 0.1) is 17.3 Å². The van der Waals surface area contributed by atoms with Gasteiger partial charge in [-0.05, 0) is 31.1 Å². The molecule has 1 aliphatic rings. The van der Waals surface area contributed by atoms with Gasteiger partial charge in [0.2, 0.25) is 0 Å². The zero-order valence-corrected chi connectivity index (χ0v) is 10.8. The third-order valence-corrected chi connectivity index (χ3v) is 4.00. The quantitative estimate of drug-likeness (QED) is 0.641. The molecule has 0 aromatic heterocycles. The van der Waals surface area contributed by atoms with Crippen LogP contribution < -0.4 is 0 Å². The first-order valence-electron chi connectivity index (χ1n) is 6.11. The van der Waals surface area contributed by atoms with Crippen molar-refractivity contribution in [2.75, 3.05) is 0 Å². The normalized spacial score (nSPS) is 29.8. The monoisotopic (exact) mass is 208 g/mol. The molecule has 1 aliphatic carbocycles. The van der Waals surface area contributed by atoms with E-state index in [1.165, 1.54) is 5.57 Å². The van der Waals surface area contributed by atoms with E-state index in [1.54, 1.807) is 0 Å². The highest BCUT2D eigenvalue weighted by Gasteiger charge is 2.41. The Bertz CT molecular complexity index is 273. The van der Waals surface area contributed by atoms with Gasteiger partial charge in [-0.3, -0.25) is 4.79 Å². The van der Waals surface area contributed by atoms with E-state index in [1.807, 2.05) is 0 Å². The third kappa shape index (κ3) is 2.32. The van der Waals surface area contributed by atoms with E-state index < -0.39 is 0 Å². The van der Waals surface area contributed by atoms with Crippen molar-refractivity contribution in [1.82, 2.24) is 0 Å². The first kappa shape index (κ1) is 12.5. The van der Waals surface area contributed by atoms with Crippen molar-refractivity contribution in [3.8, 4) is 0 Å². The summed E-state index contributed by atoms with van der Waals surface area (Å²) in [7, 11) is 0. The fraction of sp³-hybridized carbons (Fsp3) is 0.786. The Hall–Kier alpha value is -0.590. The van der Waals surface area contributed by atoms with Crippen LogP contribution in [0.3, 0.4) is 0 Å². The van der Waals surface area contributed by atoms with E-state index in [2.05, 4.69) is 40.7 Å². The van der Waals surface area contributed by atoms with Crippen LogP contribution in [0.2, 0.25) is 0 Å². The van der Waals surface area contributed by atoms with Gasteiger partial charge in [0.05, 0.1) is 0 Å². The zero-order valence-electron chi connectivity index (χ0n) is 10.8. The van der Waals surface area contributed by atoms with Crippen LogP contribution in [0.25, 0.3) is 0 Å². The molecule has 0 N–H and O–H groups in total. The molecule has 0 aromatic rings. The van der Waals surface area contributed by atoms with Gasteiger partial charge in [-0.25, -0.2) is 0 Å². The lowest BCUT2D eigenvalue weighted by Gasteiger charge is -2.41. The molecule has 0 heterocycles. The van der Waals surface area contributed by atoms with Crippen molar-refractivity contribution in [2.45, 2.75) is 53.9 Å². The first-order valence-corrected chi connectivity index (χ1v) is 6.11. The molecule has 86 valence electrons. The van der Waals surface area contributed by atoms with Crippen molar-refractivity contribution in [2.24, 2.45) is 17.3 Å². The van der Waals surface area contributed by atoms with Crippen LogP contribution in [0.4, 0.5) is 0 Å². The van der Waals surface area contributed by atoms with Crippen molar-refractivity contribution in [3.63, 3.8) is 0 Å². The van der Waals surface area contributed by atoms with Crippen LogP contribution in [-0.2, 0) is 4.79 Å². The molecule has 0 radical (unpaired) electrons. The third-order valence-electron chi connectivity index (χ3n) is 4.00. The van der Waals surface area contributed by atoms with E-state index in [0.29, 0.717) is 11.7 Å². The molecule has 2 atom stereocenters. The highest BCUT2D eigenvalue weighted by Crippen LogP contribution is 2.45. The first-order chi connectivity index (χ1) is 6.91. The summed E-state index contributed by atoms with van der Waals surface area (Å²) in [5.74, 6) is 1.19. The smallest absolute Gasteiger partial charge is 0.137 e. The average molecular weight is 208 g/mol. The molecule has 0 fully saturated rings. The molecule has 0 unspecified atom stereocenters. The van der Waals surface area contributed by atoms with Crippen molar-refractivity contribution < 1.29 is 4.79 Å². The van der Waals surface area contributed by atoms with Gasteiger partial charge in [0.1, 0.15) is 5.78 Å². The van der Waals surface area contributed by atoms with Crippen LogP contribution in [0.1, 0.15) is 53.9 Å². The Morgan fingerprint density at radius 1 is 1.53 bits per heavy atom. The van der Waals surface area contributed by atoms with Crippen molar-refractivity contribution >= 4 is 5.78 Å². The second-order valence-electron chi connectivity index (χ2n) is 5.52. The Morgan fingerprint density at radius 3 is 2.67 bits per heavy atom. The van der Waals surface area contributed by atoms with Crippen molar-refractivity contribution in [1.29, 1.82) is 0 Å². The number of carbonyl (C=O) groups excluding carboxylic acids is 1. The number of carbonyl (C=O) groups is 1. The largest absolute Gasteiger partial charge is 0.299 e. The van der Waals surface area contributed by atoms with Gasteiger partial charge < -0.3 is 0 Å². The lowest BCUT2D eigenvalue weighted by Crippen LogP contribution is -2.39. The zero-order chi connectivity index (χ0) is 11.6. The number of hydrogen-bond donors (Lipinski definition) is 0. The summed E-state index contributed by atoms with van der Waals surface area (Å²) in [6, 6.07) is 0. The van der Waals surface area contributed by atoms with Gasteiger partial charge in [-0.1, -0.05) is 39.3 Å². The second-order valence-corrected chi connectivity index (χ2v) is 5.52. The Labute approximate surface area is 93.9 Å². The minimum atomic E-state index is 0.0594. The molecular weight excluding hydrogens is 184 g/mol. The molecular formula is C14H24O. The second kappa shape index (κ2) is 4.51. The topological polar surface area (TPSA) is 17.1 Å². The minimum Gasteiger partial charge on any atom is -0.299 e. The summed E-state index contributed by atoms with van der Waals surface area (Å²) in [6.45, 7) is 10.9. The summed E-state index contributed by atoms with van der Waals surface area (Å²) < 4.78 is 0. The van der Waals surface area contributed by atoms with Crippen LogP contribution in [0.15, 0.2) is 11.6 Å². The molecule has 0 amide bonds. The Balaban J connectivity index is 2.94. The SMILES string of the molecule is CCCC(=O)[C@H]1[C@@H](C)CC=C(C)C1(C)C. The predicted octanol–water partition coefficient (Wildman–Crippen LogP) is 3.98. The van der Waals surface area contributed by atoms with Crippen LogP contribution in [0.5, 0.6) is 0 Å². The van der Waals surface area contributed by atoms with Crippen LogP contribution >= 0.6 is 0 Å². The maximum atomic E-state index is 12.1. The van der Waals surface area contributed by atoms with E-state index >= 15 is 0 Å². The van der Waals surface area contributed by atoms with Gasteiger partial charge in [0.25, 0.3) is 0 Å². The van der Waals surface area contributed by atoms with Gasteiger partial charge in [0.15, 0.2) is 0 Å². The van der Waals surface area contributed by atoms with Gasteiger partial charge >= 0.3 is 0 Å². The lowest BCUT2D eigenvalue weighted by molar-refractivity contribution is -0.128. The molecule has 1 nitrogen and oxygen atoms in total. The Kier molecular flexibility index (Phi) is 3.75. The van der Waals surface area contributed by atoms with Gasteiger partial charge in [-0.15, -0.1) is 0 Å². The van der Waals surface area contributed by atoms with Gasteiger partial charge in [-0.2, -0.15) is 0 Å². The molecule has 0 aliphatic heterocycles. The average Bonchev–Trinajstić information content (AvgIpc) is 2.12. The van der Waals surface area contributed by atoms with E-state index in [9.17, 15) is 4.79 Å². The van der Waals surface area contributed by atoms with Crippen molar-refractivity contribution in [3.05, 3.63) is 11.6 Å². The maximum absolute atomic E-state index is 12.1. The number of Topliss-reactive ketones (excluding diaryl/α,β-unsaturated/α-hetero) is 1. The lowest BCUT2D eigenvalue weighted by atomic mass is 9.62. The number of ketones is 1. The highest BCUT2D eigenvalue weighted by atomic mass is 16.1. The van der Waals surface area contributed by atoms with E-state index in [0.717, 1.165) is 19.3 Å². The molecule has 0 spiro atoms. The number of rotatable bonds is 3. The summed E-state index contributed by atoms with van der Waals surface area (Å²) in [5.41, 5.74) is 1.44. The molecule has 1 rings (SSSR count). The standard InChI is InChI=1S/C14H24O/c1-6-7-12(15)13-10(2)8-9-11(3)14(13,4)5/h9-10,13H,6-8H2,1-5H3/t10-,13+/m0/s1. The van der Waals surface area contributed by atoms with Crippen LogP contribution in [-0.4, -0.2) is 5.78 Å². The van der Waals surface area contributed by atoms with Gasteiger partial charge in [0, 0.05) is 12.3 Å². The molecule has 15 heavy (non-hydrogen) atoms. The Morgan fingerprint density at radius 2 is 2.13 bits per heavy atom. The fourth-order valence-electron chi connectivity index (χ4n) is 2.84. The molecule has 0 aromatic carbocycles. The minimum absolute atomic E-state index is 0.0594.